The summed E-state index contributed by atoms with van der Waals surface area (Å²) in [5, 5.41) is 12.2. The van der Waals surface area contributed by atoms with Crippen LogP contribution in [-0.2, 0) is 9.59 Å². The predicted octanol–water partition coefficient (Wildman–Crippen LogP) is -0.117. The molecule has 2 fully saturated rings. The van der Waals surface area contributed by atoms with Crippen LogP contribution in [0.4, 0.5) is 0 Å². The summed E-state index contributed by atoms with van der Waals surface area (Å²) < 4.78 is 0. The van der Waals surface area contributed by atoms with Gasteiger partial charge in [0.05, 0.1) is 18.6 Å². The molecule has 0 bridgehead atoms. The van der Waals surface area contributed by atoms with Crippen LogP contribution >= 0.6 is 0 Å². The van der Waals surface area contributed by atoms with Crippen LogP contribution in [0.3, 0.4) is 0 Å². The highest BCUT2D eigenvalue weighted by Crippen LogP contribution is 2.38. The molecule has 2 heterocycles. The first-order chi connectivity index (χ1) is 7.90. The molecule has 0 aliphatic carbocycles. The van der Waals surface area contributed by atoms with Crippen LogP contribution in [0.5, 0.6) is 0 Å². The minimum atomic E-state index is -0.685. The Hall–Kier alpha value is -1.10. The fraction of sp³-hybridized carbons (Fsp3) is 0.833. The lowest BCUT2D eigenvalue weighted by atomic mass is 9.87. The fourth-order valence-electron chi connectivity index (χ4n) is 2.73. The van der Waals surface area contributed by atoms with E-state index in [0.717, 1.165) is 12.8 Å². The van der Waals surface area contributed by atoms with Gasteiger partial charge in [-0.25, -0.2) is 0 Å². The van der Waals surface area contributed by atoms with Crippen molar-refractivity contribution in [1.82, 2.24) is 10.2 Å². The smallest absolute Gasteiger partial charge is 0.247 e. The van der Waals surface area contributed by atoms with Gasteiger partial charge in [-0.1, -0.05) is 6.92 Å². The molecule has 5 heteroatoms. The number of aliphatic hydroxyl groups excluding tert-OH is 1. The lowest BCUT2D eigenvalue weighted by molar-refractivity contribution is -0.157. The number of likely N-dealkylation sites (tertiary alicyclic amines) is 1. The topological polar surface area (TPSA) is 69.6 Å². The summed E-state index contributed by atoms with van der Waals surface area (Å²) in [6, 6.07) is 0.0785. The van der Waals surface area contributed by atoms with Gasteiger partial charge in [0.15, 0.2) is 0 Å². The third kappa shape index (κ3) is 1.64. The zero-order chi connectivity index (χ0) is 12.8. The minimum absolute atomic E-state index is 0.0482. The van der Waals surface area contributed by atoms with E-state index in [9.17, 15) is 14.7 Å². The Bertz CT molecular complexity index is 356. The Balaban J connectivity index is 2.23. The van der Waals surface area contributed by atoms with Gasteiger partial charge in [-0.05, 0) is 26.7 Å². The van der Waals surface area contributed by atoms with Crippen LogP contribution in [0.25, 0.3) is 0 Å². The third-order valence-electron chi connectivity index (χ3n) is 4.19. The highest BCUT2D eigenvalue weighted by Gasteiger charge is 2.58. The Labute approximate surface area is 101 Å². The Morgan fingerprint density at radius 3 is 2.65 bits per heavy atom. The van der Waals surface area contributed by atoms with Crippen LogP contribution in [0.15, 0.2) is 0 Å². The van der Waals surface area contributed by atoms with E-state index >= 15 is 0 Å². The number of hydrogen-bond acceptors (Lipinski definition) is 3. The Morgan fingerprint density at radius 1 is 1.59 bits per heavy atom. The maximum absolute atomic E-state index is 12.3. The standard InChI is InChI=1S/C12H20N2O3/c1-7-4-5-12(6-13-11(12)17)14(7)10(16)8(2)9(3)15/h7-9,15H,4-6H2,1-3H3,(H,13,17). The maximum atomic E-state index is 12.3. The normalized spacial score (nSPS) is 35.4. The van der Waals surface area contributed by atoms with Crippen molar-refractivity contribution < 1.29 is 14.7 Å². The molecule has 0 aromatic heterocycles. The molecule has 0 radical (unpaired) electrons. The van der Waals surface area contributed by atoms with Crippen molar-refractivity contribution in [2.24, 2.45) is 5.92 Å². The summed E-state index contributed by atoms with van der Waals surface area (Å²) >= 11 is 0. The van der Waals surface area contributed by atoms with E-state index in [0.29, 0.717) is 6.54 Å². The molecule has 0 aromatic carbocycles. The van der Waals surface area contributed by atoms with Crippen molar-refractivity contribution in [2.75, 3.05) is 6.54 Å². The molecule has 0 aromatic rings. The molecule has 0 saturated carbocycles. The molecule has 17 heavy (non-hydrogen) atoms. The van der Waals surface area contributed by atoms with Crippen LogP contribution < -0.4 is 5.32 Å². The number of carbonyl (C=O) groups is 2. The van der Waals surface area contributed by atoms with Crippen molar-refractivity contribution in [3.63, 3.8) is 0 Å². The highest BCUT2D eigenvalue weighted by molar-refractivity contribution is 5.97. The van der Waals surface area contributed by atoms with Crippen LogP contribution in [0.1, 0.15) is 33.6 Å². The quantitative estimate of drug-likeness (QED) is 0.661. The third-order valence-corrected chi connectivity index (χ3v) is 4.19. The minimum Gasteiger partial charge on any atom is -0.393 e. The molecule has 5 nitrogen and oxygen atoms in total. The number of nitrogens with zero attached hydrogens (tertiary/aromatic N) is 1. The average Bonchev–Trinajstić information content (AvgIpc) is 2.65. The van der Waals surface area contributed by atoms with Gasteiger partial charge in [0.2, 0.25) is 11.8 Å². The van der Waals surface area contributed by atoms with E-state index in [-0.39, 0.29) is 17.9 Å². The first kappa shape index (κ1) is 12.4. The van der Waals surface area contributed by atoms with E-state index in [1.165, 1.54) is 0 Å². The largest absolute Gasteiger partial charge is 0.393 e. The summed E-state index contributed by atoms with van der Waals surface area (Å²) in [6.45, 7) is 5.83. The molecular formula is C12H20N2O3. The van der Waals surface area contributed by atoms with Gasteiger partial charge in [-0.2, -0.15) is 0 Å². The summed E-state index contributed by atoms with van der Waals surface area (Å²) in [6.07, 6.45) is 0.903. The van der Waals surface area contributed by atoms with Crippen molar-refractivity contribution in [1.29, 1.82) is 0 Å². The molecule has 4 atom stereocenters. The molecular weight excluding hydrogens is 220 g/mol. The first-order valence-electron chi connectivity index (χ1n) is 6.19. The van der Waals surface area contributed by atoms with Crippen molar-refractivity contribution in [3.8, 4) is 0 Å². The number of β-lactam (4-membered cyclic amide) rings is 1. The zero-order valence-corrected chi connectivity index (χ0v) is 10.6. The summed E-state index contributed by atoms with van der Waals surface area (Å²) in [4.78, 5) is 25.8. The summed E-state index contributed by atoms with van der Waals surface area (Å²) in [5.74, 6) is -0.617. The van der Waals surface area contributed by atoms with Gasteiger partial charge in [0, 0.05) is 6.04 Å². The number of nitrogens with one attached hydrogen (secondary N) is 1. The van der Waals surface area contributed by atoms with Gasteiger partial charge in [-0.3, -0.25) is 9.59 Å². The Morgan fingerprint density at radius 2 is 2.24 bits per heavy atom. The molecule has 2 N–H and O–H groups in total. The van der Waals surface area contributed by atoms with Gasteiger partial charge < -0.3 is 15.3 Å². The second-order valence-corrected chi connectivity index (χ2v) is 5.34. The van der Waals surface area contributed by atoms with Gasteiger partial charge in [0.25, 0.3) is 0 Å². The summed E-state index contributed by atoms with van der Waals surface area (Å²) in [7, 11) is 0. The lowest BCUT2D eigenvalue weighted by Gasteiger charge is -2.46. The second kappa shape index (κ2) is 3.98. The monoisotopic (exact) mass is 240 g/mol. The van der Waals surface area contributed by atoms with Gasteiger partial charge in [0.1, 0.15) is 5.54 Å². The van der Waals surface area contributed by atoms with Crippen LogP contribution in [0.2, 0.25) is 0 Å². The second-order valence-electron chi connectivity index (χ2n) is 5.34. The van der Waals surface area contributed by atoms with E-state index < -0.39 is 17.6 Å². The molecule has 96 valence electrons. The molecule has 1 spiro atoms. The fourth-order valence-corrected chi connectivity index (χ4v) is 2.73. The highest BCUT2D eigenvalue weighted by atomic mass is 16.3. The lowest BCUT2D eigenvalue weighted by Crippen LogP contribution is -2.73. The first-order valence-corrected chi connectivity index (χ1v) is 6.19. The van der Waals surface area contributed by atoms with E-state index in [2.05, 4.69) is 5.32 Å². The van der Waals surface area contributed by atoms with Crippen LogP contribution in [0, 0.1) is 5.92 Å². The number of hydrogen-bond donors (Lipinski definition) is 2. The number of rotatable bonds is 2. The van der Waals surface area contributed by atoms with Crippen molar-refractivity contribution >= 4 is 11.8 Å². The van der Waals surface area contributed by atoms with Crippen molar-refractivity contribution in [2.45, 2.75) is 51.3 Å². The molecule has 2 saturated heterocycles. The summed E-state index contributed by atoms with van der Waals surface area (Å²) in [5.41, 5.74) is -0.625. The van der Waals surface area contributed by atoms with Gasteiger partial charge in [-0.15, -0.1) is 0 Å². The molecule has 2 amide bonds. The average molecular weight is 240 g/mol. The molecule has 4 unspecified atom stereocenters. The zero-order valence-electron chi connectivity index (χ0n) is 10.6. The Kier molecular flexibility index (Phi) is 2.89. The number of amides is 2. The maximum Gasteiger partial charge on any atom is 0.247 e. The van der Waals surface area contributed by atoms with Crippen LogP contribution in [-0.4, -0.2) is 46.1 Å². The number of aliphatic hydroxyl groups is 1. The predicted molar refractivity (Wildman–Crippen MR) is 62.1 cm³/mol. The van der Waals surface area contributed by atoms with E-state index in [4.69, 9.17) is 0 Å². The number of carbonyl (C=O) groups excluding carboxylic acids is 2. The SMILES string of the molecule is CC(O)C(C)C(=O)N1C(C)CCC12CNC2=O. The van der Waals surface area contributed by atoms with Crippen molar-refractivity contribution in [3.05, 3.63) is 0 Å². The molecule has 2 rings (SSSR count). The molecule has 2 aliphatic heterocycles. The van der Waals surface area contributed by atoms with Gasteiger partial charge >= 0.3 is 0 Å². The van der Waals surface area contributed by atoms with E-state index in [1.807, 2.05) is 6.92 Å². The van der Waals surface area contributed by atoms with E-state index in [1.54, 1.807) is 18.7 Å². The molecule has 2 aliphatic rings.